The Bertz CT molecular complexity index is 1020. The number of hydrogen-bond donors (Lipinski definition) is 2. The van der Waals surface area contributed by atoms with Crippen molar-refractivity contribution in [2.75, 3.05) is 33.2 Å². The van der Waals surface area contributed by atoms with Crippen LogP contribution in [-0.4, -0.2) is 84.3 Å². The summed E-state index contributed by atoms with van der Waals surface area (Å²) < 4.78 is 4.91. The molecule has 0 bridgehead atoms. The van der Waals surface area contributed by atoms with E-state index in [1.165, 1.54) is 19.3 Å². The number of allylic oxidation sites excluding steroid dienone is 1. The van der Waals surface area contributed by atoms with Crippen LogP contribution in [0.1, 0.15) is 114 Å². The molecule has 0 spiro atoms. The first-order chi connectivity index (χ1) is 21.8. The van der Waals surface area contributed by atoms with Crippen LogP contribution in [0.3, 0.4) is 0 Å². The molecule has 2 fully saturated rings. The second-order valence-electron chi connectivity index (χ2n) is 13.2. The van der Waals surface area contributed by atoms with Gasteiger partial charge in [0.1, 0.15) is 11.8 Å². The van der Waals surface area contributed by atoms with Crippen LogP contribution in [0.2, 0.25) is 0 Å². The molecule has 2 unspecified atom stereocenters. The zero-order valence-electron chi connectivity index (χ0n) is 31.1. The van der Waals surface area contributed by atoms with Crippen LogP contribution in [0.25, 0.3) is 0 Å². The highest BCUT2D eigenvalue weighted by Crippen LogP contribution is 2.24. The van der Waals surface area contributed by atoms with Gasteiger partial charge in [0.2, 0.25) is 18.2 Å². The second kappa shape index (κ2) is 23.3. The van der Waals surface area contributed by atoms with Gasteiger partial charge in [-0.2, -0.15) is 0 Å². The molecule has 264 valence electrons. The Morgan fingerprint density at radius 1 is 1.11 bits per heavy atom. The first-order valence-electron chi connectivity index (χ1n) is 17.4. The number of carbonyl (C=O) groups excluding carboxylic acids is 3. The lowest BCUT2D eigenvalue weighted by molar-refractivity contribution is -0.140. The van der Waals surface area contributed by atoms with Gasteiger partial charge in [-0.05, 0) is 76.1 Å². The minimum Gasteiger partial charge on any atom is -0.467 e. The van der Waals surface area contributed by atoms with E-state index in [0.29, 0.717) is 25.5 Å². The number of likely N-dealkylation sites (tertiary alicyclic amines) is 2. The van der Waals surface area contributed by atoms with Crippen molar-refractivity contribution in [1.29, 1.82) is 0 Å². The Hall–Kier alpha value is -3.07. The fraction of sp³-hybridized carbons (Fsp3) is 0.703. The Kier molecular flexibility index (Phi) is 21.7. The van der Waals surface area contributed by atoms with E-state index in [1.54, 1.807) is 23.3 Å². The number of rotatable bonds is 11. The van der Waals surface area contributed by atoms with Crippen molar-refractivity contribution >= 4 is 18.2 Å². The minimum atomic E-state index is -0.563. The van der Waals surface area contributed by atoms with Gasteiger partial charge in [0.25, 0.3) is 0 Å². The molecule has 0 aromatic carbocycles. The number of nitrogens with one attached hydrogen (secondary N) is 2. The molecular weight excluding hydrogens is 578 g/mol. The summed E-state index contributed by atoms with van der Waals surface area (Å²) in [5.74, 6) is 0.699. The molecule has 46 heavy (non-hydrogen) atoms. The van der Waals surface area contributed by atoms with Crippen LogP contribution >= 0.6 is 0 Å². The number of amides is 3. The van der Waals surface area contributed by atoms with Gasteiger partial charge in [-0.25, -0.2) is 0 Å². The van der Waals surface area contributed by atoms with Crippen LogP contribution in [0, 0.1) is 5.41 Å². The van der Waals surface area contributed by atoms with E-state index in [-0.39, 0.29) is 23.3 Å². The van der Waals surface area contributed by atoms with Gasteiger partial charge >= 0.3 is 0 Å². The fourth-order valence-electron chi connectivity index (χ4n) is 5.23. The molecular formula is C37H67N5O4. The van der Waals surface area contributed by atoms with Gasteiger partial charge in [-0.1, -0.05) is 74.0 Å². The van der Waals surface area contributed by atoms with E-state index in [9.17, 15) is 14.4 Å². The predicted octanol–water partition coefficient (Wildman–Crippen LogP) is 6.76. The van der Waals surface area contributed by atoms with E-state index in [0.717, 1.165) is 55.9 Å². The van der Waals surface area contributed by atoms with Crippen molar-refractivity contribution in [2.45, 2.75) is 132 Å². The largest absolute Gasteiger partial charge is 0.467 e. The van der Waals surface area contributed by atoms with E-state index in [2.05, 4.69) is 67.7 Å². The number of likely N-dealkylation sites (N-methyl/N-ethyl adjacent to an activating group) is 1. The molecule has 2 atom stereocenters. The molecule has 3 rings (SSSR count). The van der Waals surface area contributed by atoms with Gasteiger partial charge in [0.15, 0.2) is 0 Å². The standard InChI is InChI=1S/C26H46N4O2.C6H7NO2.C3H8.C2H6/c1-19(2)30-17-10-9-13-22(30)24(31)27-23(26(5,6)7)25(32)28(8)18-14-20(3)21(4)29-15-11-12-16-29;8-5-7-4-6-2-1-3-9-6;1-3-2;1-2/h14,19,22-23H,4,9-13,15-18H2,1-3,5-8H3,(H,27,31);1-3,5H,4H2,(H,7,8);3H2,1-2H3;1-2H3/b20-14+;;;. The molecule has 9 heteroatoms. The third-order valence-corrected chi connectivity index (χ3v) is 7.84. The molecule has 3 amide bonds. The molecule has 0 radical (unpaired) electrons. The van der Waals surface area contributed by atoms with Crippen LogP contribution < -0.4 is 10.6 Å². The average molecular weight is 646 g/mol. The summed E-state index contributed by atoms with van der Waals surface area (Å²) in [6.45, 7) is 28.9. The highest BCUT2D eigenvalue weighted by Gasteiger charge is 2.38. The topological polar surface area (TPSA) is 98.1 Å². The summed E-state index contributed by atoms with van der Waals surface area (Å²) in [6, 6.07) is 3.18. The summed E-state index contributed by atoms with van der Waals surface area (Å²) >= 11 is 0. The third-order valence-electron chi connectivity index (χ3n) is 7.84. The molecule has 2 aliphatic heterocycles. The second-order valence-corrected chi connectivity index (χ2v) is 13.2. The molecule has 2 saturated heterocycles. The lowest BCUT2D eigenvalue weighted by Gasteiger charge is -2.40. The number of furan rings is 1. The van der Waals surface area contributed by atoms with E-state index in [4.69, 9.17) is 4.42 Å². The molecule has 0 saturated carbocycles. The van der Waals surface area contributed by atoms with Gasteiger partial charge in [-0.15, -0.1) is 0 Å². The average Bonchev–Trinajstić information content (AvgIpc) is 3.77. The molecule has 3 heterocycles. The first kappa shape index (κ1) is 42.9. The normalized spacial score (nSPS) is 17.3. The molecule has 1 aromatic heterocycles. The maximum absolute atomic E-state index is 13.4. The number of carbonyl (C=O) groups is 3. The summed E-state index contributed by atoms with van der Waals surface area (Å²) in [5.41, 5.74) is 1.78. The molecule has 2 aliphatic rings. The van der Waals surface area contributed by atoms with Crippen molar-refractivity contribution in [3.8, 4) is 0 Å². The highest BCUT2D eigenvalue weighted by atomic mass is 16.3. The van der Waals surface area contributed by atoms with Crippen molar-refractivity contribution < 1.29 is 18.8 Å². The van der Waals surface area contributed by atoms with Gasteiger partial charge in [0.05, 0.1) is 18.8 Å². The Balaban J connectivity index is 0.00000120. The van der Waals surface area contributed by atoms with Crippen LogP contribution in [0.15, 0.2) is 46.7 Å². The Morgan fingerprint density at radius 2 is 1.70 bits per heavy atom. The van der Waals surface area contributed by atoms with E-state index in [1.807, 2.05) is 41.7 Å². The van der Waals surface area contributed by atoms with Crippen molar-refractivity contribution in [2.24, 2.45) is 5.41 Å². The predicted molar refractivity (Wildman–Crippen MR) is 191 cm³/mol. The number of nitrogens with zero attached hydrogens (tertiary/aromatic N) is 3. The van der Waals surface area contributed by atoms with Crippen molar-refractivity contribution in [3.05, 3.63) is 48.1 Å². The molecule has 2 N–H and O–H groups in total. The van der Waals surface area contributed by atoms with Gasteiger partial charge in [-0.3, -0.25) is 19.3 Å². The summed E-state index contributed by atoms with van der Waals surface area (Å²) in [6.07, 6.45) is 11.0. The molecule has 0 aliphatic carbocycles. The molecule has 1 aromatic rings. The molecule has 9 nitrogen and oxygen atoms in total. The lowest BCUT2D eigenvalue weighted by Crippen LogP contribution is -2.59. The van der Waals surface area contributed by atoms with Crippen LogP contribution in [-0.2, 0) is 20.9 Å². The maximum atomic E-state index is 13.4. The monoisotopic (exact) mass is 646 g/mol. The zero-order valence-corrected chi connectivity index (χ0v) is 31.1. The van der Waals surface area contributed by atoms with Crippen LogP contribution in [0.4, 0.5) is 0 Å². The Morgan fingerprint density at radius 3 is 2.20 bits per heavy atom. The first-order valence-corrected chi connectivity index (χ1v) is 17.4. The fourth-order valence-corrected chi connectivity index (χ4v) is 5.23. The smallest absolute Gasteiger partial charge is 0.245 e. The van der Waals surface area contributed by atoms with E-state index < -0.39 is 6.04 Å². The summed E-state index contributed by atoms with van der Waals surface area (Å²) in [4.78, 5) is 42.7. The van der Waals surface area contributed by atoms with Crippen LogP contribution in [0.5, 0.6) is 0 Å². The zero-order chi connectivity index (χ0) is 35.3. The Labute approximate surface area is 281 Å². The SMILES string of the molecule is C=C(/C(C)=C/CN(C)C(=O)C(NC(=O)C1CCCCN1C(C)C)C(C)(C)C)N1CCCC1.CC.CCC.O=CNCc1ccco1. The lowest BCUT2D eigenvalue weighted by atomic mass is 9.85. The number of hydrogen-bond acceptors (Lipinski definition) is 6. The third kappa shape index (κ3) is 15.5. The summed E-state index contributed by atoms with van der Waals surface area (Å²) in [7, 11) is 1.82. The van der Waals surface area contributed by atoms with Gasteiger partial charge < -0.3 is 24.9 Å². The van der Waals surface area contributed by atoms with Crippen molar-refractivity contribution in [3.63, 3.8) is 0 Å². The summed E-state index contributed by atoms with van der Waals surface area (Å²) in [5, 5.41) is 5.61. The maximum Gasteiger partial charge on any atom is 0.245 e. The minimum absolute atomic E-state index is 0.0193. The van der Waals surface area contributed by atoms with Crippen molar-refractivity contribution in [1.82, 2.24) is 25.3 Å². The quantitative estimate of drug-likeness (QED) is 0.204. The van der Waals surface area contributed by atoms with E-state index >= 15 is 0 Å². The van der Waals surface area contributed by atoms with Gasteiger partial charge in [0, 0.05) is 38.4 Å². The number of piperidine rings is 1. The highest BCUT2D eigenvalue weighted by molar-refractivity contribution is 5.90.